The van der Waals surface area contributed by atoms with Crippen molar-refractivity contribution in [3.63, 3.8) is 0 Å². The van der Waals surface area contributed by atoms with E-state index in [0.29, 0.717) is 13.0 Å². The lowest BCUT2D eigenvalue weighted by atomic mass is 10.2. The second-order valence-electron chi connectivity index (χ2n) is 4.68. The maximum absolute atomic E-state index is 11.9. The van der Waals surface area contributed by atoms with Gasteiger partial charge in [0.2, 0.25) is 11.8 Å². The van der Waals surface area contributed by atoms with Gasteiger partial charge in [0.15, 0.2) is 0 Å². The molecular weight excluding hydrogens is 244 g/mol. The van der Waals surface area contributed by atoms with Gasteiger partial charge in [-0.25, -0.2) is 5.84 Å². The number of hydrazine groups is 1. The van der Waals surface area contributed by atoms with Crippen molar-refractivity contribution in [1.82, 2.24) is 15.2 Å². The summed E-state index contributed by atoms with van der Waals surface area (Å²) in [5, 5.41) is 0. The third-order valence-corrected chi connectivity index (χ3v) is 3.13. The quantitative estimate of drug-likeness (QED) is 0.260. The SMILES string of the molecule is CCN(CC)C(=O)CN(C)CCCCCC(=O)NN. The minimum Gasteiger partial charge on any atom is -0.342 e. The Hall–Kier alpha value is -1.14. The maximum Gasteiger partial charge on any atom is 0.236 e. The number of nitrogens with two attached hydrogens (primary N) is 1. The van der Waals surface area contributed by atoms with Crippen LogP contribution in [0.5, 0.6) is 0 Å². The molecule has 0 aromatic heterocycles. The maximum atomic E-state index is 11.9. The number of nitrogens with zero attached hydrogens (tertiary/aromatic N) is 2. The zero-order chi connectivity index (χ0) is 14.7. The fourth-order valence-corrected chi connectivity index (χ4v) is 1.90. The molecule has 0 aromatic carbocycles. The molecule has 0 spiro atoms. The largest absolute Gasteiger partial charge is 0.342 e. The average Bonchev–Trinajstić information content (AvgIpc) is 2.39. The third-order valence-electron chi connectivity index (χ3n) is 3.13. The van der Waals surface area contributed by atoms with Crippen LogP contribution < -0.4 is 11.3 Å². The number of unbranched alkanes of at least 4 members (excludes halogenated alkanes) is 2. The summed E-state index contributed by atoms with van der Waals surface area (Å²) < 4.78 is 0. The number of carbonyl (C=O) groups is 2. The van der Waals surface area contributed by atoms with Crippen molar-refractivity contribution in [2.24, 2.45) is 5.84 Å². The van der Waals surface area contributed by atoms with Crippen molar-refractivity contribution in [3.8, 4) is 0 Å². The molecule has 0 saturated carbocycles. The summed E-state index contributed by atoms with van der Waals surface area (Å²) in [6.07, 6.45) is 3.26. The first kappa shape index (κ1) is 17.9. The molecule has 2 amide bonds. The molecule has 0 fully saturated rings. The summed E-state index contributed by atoms with van der Waals surface area (Å²) in [7, 11) is 1.95. The van der Waals surface area contributed by atoms with Gasteiger partial charge in [0.25, 0.3) is 0 Å². The van der Waals surface area contributed by atoms with E-state index in [1.54, 1.807) is 0 Å². The van der Waals surface area contributed by atoms with Gasteiger partial charge in [-0.05, 0) is 40.3 Å². The lowest BCUT2D eigenvalue weighted by molar-refractivity contribution is -0.131. The van der Waals surface area contributed by atoms with E-state index in [4.69, 9.17) is 5.84 Å². The van der Waals surface area contributed by atoms with E-state index in [9.17, 15) is 9.59 Å². The summed E-state index contributed by atoms with van der Waals surface area (Å²) in [4.78, 5) is 26.6. The Labute approximate surface area is 116 Å². The first-order valence-electron chi connectivity index (χ1n) is 7.00. The Bertz CT molecular complexity index is 267. The molecule has 19 heavy (non-hydrogen) atoms. The smallest absolute Gasteiger partial charge is 0.236 e. The van der Waals surface area contributed by atoms with Crippen LogP contribution >= 0.6 is 0 Å². The molecule has 6 nitrogen and oxygen atoms in total. The number of hydrogen-bond donors (Lipinski definition) is 2. The van der Waals surface area contributed by atoms with E-state index in [1.165, 1.54) is 0 Å². The van der Waals surface area contributed by atoms with E-state index in [0.717, 1.165) is 38.9 Å². The fraction of sp³-hybridized carbons (Fsp3) is 0.846. The van der Waals surface area contributed by atoms with Crippen molar-refractivity contribution in [1.29, 1.82) is 0 Å². The molecule has 0 atom stereocenters. The Kier molecular flexibility index (Phi) is 10.1. The zero-order valence-corrected chi connectivity index (χ0v) is 12.4. The van der Waals surface area contributed by atoms with Crippen LogP contribution in [0.15, 0.2) is 0 Å². The summed E-state index contributed by atoms with van der Waals surface area (Å²) >= 11 is 0. The predicted molar refractivity (Wildman–Crippen MR) is 76.2 cm³/mol. The van der Waals surface area contributed by atoms with Crippen molar-refractivity contribution in [2.75, 3.05) is 33.2 Å². The first-order valence-corrected chi connectivity index (χ1v) is 7.00. The lowest BCUT2D eigenvalue weighted by Crippen LogP contribution is -2.39. The first-order chi connectivity index (χ1) is 9.04. The van der Waals surface area contributed by atoms with Gasteiger partial charge in [0.05, 0.1) is 6.54 Å². The Balaban J connectivity index is 3.67. The number of rotatable bonds is 10. The molecule has 0 rings (SSSR count). The number of amides is 2. The standard InChI is InChI=1S/C13H28N4O2/c1-4-17(5-2)13(19)11-16(3)10-8-6-7-9-12(18)15-14/h4-11,14H2,1-3H3,(H,15,18). The molecule has 0 heterocycles. The number of nitrogens with one attached hydrogen (secondary N) is 1. The van der Waals surface area contributed by atoms with Gasteiger partial charge in [-0.3, -0.25) is 19.9 Å². The van der Waals surface area contributed by atoms with Gasteiger partial charge in [-0.1, -0.05) is 6.42 Å². The van der Waals surface area contributed by atoms with Crippen molar-refractivity contribution in [2.45, 2.75) is 39.5 Å². The minimum atomic E-state index is -0.120. The molecular formula is C13H28N4O2. The van der Waals surface area contributed by atoms with Gasteiger partial charge in [-0.2, -0.15) is 0 Å². The summed E-state index contributed by atoms with van der Waals surface area (Å²) in [6.45, 7) is 6.84. The summed E-state index contributed by atoms with van der Waals surface area (Å²) in [6, 6.07) is 0. The fourth-order valence-electron chi connectivity index (χ4n) is 1.90. The Morgan fingerprint density at radius 1 is 1.11 bits per heavy atom. The highest BCUT2D eigenvalue weighted by atomic mass is 16.2. The highest BCUT2D eigenvalue weighted by Crippen LogP contribution is 2.01. The van der Waals surface area contributed by atoms with Gasteiger partial charge >= 0.3 is 0 Å². The van der Waals surface area contributed by atoms with E-state index < -0.39 is 0 Å². The number of likely N-dealkylation sites (N-methyl/N-ethyl adjacent to an activating group) is 2. The van der Waals surface area contributed by atoms with E-state index in [2.05, 4.69) is 5.43 Å². The predicted octanol–water partition coefficient (Wildman–Crippen LogP) is 0.337. The molecule has 0 aliphatic carbocycles. The van der Waals surface area contributed by atoms with Crippen LogP contribution in [0.1, 0.15) is 39.5 Å². The molecule has 0 aromatic rings. The van der Waals surface area contributed by atoms with Crippen LogP contribution in [0.25, 0.3) is 0 Å². The molecule has 0 radical (unpaired) electrons. The minimum absolute atomic E-state index is 0.120. The normalized spacial score (nSPS) is 10.6. The third kappa shape index (κ3) is 8.56. The summed E-state index contributed by atoms with van der Waals surface area (Å²) in [5.41, 5.74) is 2.12. The summed E-state index contributed by atoms with van der Waals surface area (Å²) in [5.74, 6) is 5.05. The number of carbonyl (C=O) groups excluding carboxylic acids is 2. The Morgan fingerprint density at radius 3 is 2.26 bits per heavy atom. The van der Waals surface area contributed by atoms with E-state index >= 15 is 0 Å². The topological polar surface area (TPSA) is 78.7 Å². The average molecular weight is 272 g/mol. The van der Waals surface area contributed by atoms with Crippen LogP contribution in [0, 0.1) is 0 Å². The van der Waals surface area contributed by atoms with Gasteiger partial charge in [0, 0.05) is 19.5 Å². The lowest BCUT2D eigenvalue weighted by Gasteiger charge is -2.23. The van der Waals surface area contributed by atoms with Crippen molar-refractivity contribution < 1.29 is 9.59 Å². The molecule has 0 unspecified atom stereocenters. The van der Waals surface area contributed by atoms with Crippen molar-refractivity contribution >= 4 is 11.8 Å². The second-order valence-corrected chi connectivity index (χ2v) is 4.68. The highest BCUT2D eigenvalue weighted by Gasteiger charge is 2.11. The molecule has 3 N–H and O–H groups in total. The van der Waals surface area contributed by atoms with Crippen molar-refractivity contribution in [3.05, 3.63) is 0 Å². The molecule has 6 heteroatoms. The molecule has 0 saturated heterocycles. The Morgan fingerprint density at radius 2 is 1.74 bits per heavy atom. The van der Waals surface area contributed by atoms with Gasteiger partial charge in [-0.15, -0.1) is 0 Å². The molecule has 112 valence electrons. The van der Waals surface area contributed by atoms with Crippen LogP contribution in [0.2, 0.25) is 0 Å². The van der Waals surface area contributed by atoms with E-state index in [-0.39, 0.29) is 11.8 Å². The van der Waals surface area contributed by atoms with Crippen LogP contribution in [0.3, 0.4) is 0 Å². The number of hydrogen-bond acceptors (Lipinski definition) is 4. The van der Waals surface area contributed by atoms with Gasteiger partial charge < -0.3 is 4.90 Å². The second kappa shape index (κ2) is 10.8. The van der Waals surface area contributed by atoms with Crippen LogP contribution in [0.4, 0.5) is 0 Å². The zero-order valence-electron chi connectivity index (χ0n) is 12.4. The molecule has 0 aliphatic rings. The molecule has 0 bridgehead atoms. The van der Waals surface area contributed by atoms with Crippen LogP contribution in [-0.4, -0.2) is 54.8 Å². The van der Waals surface area contributed by atoms with E-state index in [1.807, 2.05) is 30.7 Å². The monoisotopic (exact) mass is 272 g/mol. The van der Waals surface area contributed by atoms with Gasteiger partial charge in [0.1, 0.15) is 0 Å². The van der Waals surface area contributed by atoms with Crippen LogP contribution in [-0.2, 0) is 9.59 Å². The highest BCUT2D eigenvalue weighted by molar-refractivity contribution is 5.78. The molecule has 0 aliphatic heterocycles.